The lowest BCUT2D eigenvalue weighted by molar-refractivity contribution is 0.304. The quantitative estimate of drug-likeness (QED) is 0.724. The highest BCUT2D eigenvalue weighted by atomic mass is 79.9. The van der Waals surface area contributed by atoms with Gasteiger partial charge in [0.2, 0.25) is 11.8 Å². The maximum absolute atomic E-state index is 5.57. The van der Waals surface area contributed by atoms with E-state index in [1.807, 2.05) is 20.0 Å². The Morgan fingerprint density at radius 1 is 1.44 bits per heavy atom. The van der Waals surface area contributed by atoms with E-state index < -0.39 is 0 Å². The molecular weight excluding hydrogens is 294 g/mol. The Labute approximate surface area is 118 Å². The summed E-state index contributed by atoms with van der Waals surface area (Å²) in [7, 11) is 2.01. The number of nitrogens with zero attached hydrogens (tertiary/aromatic N) is 3. The standard InChI is InChI=1S/C13H22BrN3O/c1-5-8-18-12-9-11(3)15-13(16-12)17(4)7-6-10(2)14/h9-10H,5-8H2,1-4H3. The van der Waals surface area contributed by atoms with Crippen molar-refractivity contribution in [3.8, 4) is 5.88 Å². The minimum atomic E-state index is 0.501. The number of hydrogen-bond donors (Lipinski definition) is 0. The number of hydrogen-bond acceptors (Lipinski definition) is 4. The Hall–Kier alpha value is -0.840. The largest absolute Gasteiger partial charge is 0.478 e. The van der Waals surface area contributed by atoms with E-state index in [2.05, 4.69) is 44.6 Å². The second kappa shape index (κ2) is 7.56. The molecule has 0 bridgehead atoms. The summed E-state index contributed by atoms with van der Waals surface area (Å²) in [5.74, 6) is 1.40. The molecule has 0 N–H and O–H groups in total. The van der Waals surface area contributed by atoms with Crippen LogP contribution in [0.5, 0.6) is 5.88 Å². The molecule has 0 fully saturated rings. The van der Waals surface area contributed by atoms with Gasteiger partial charge in [-0.1, -0.05) is 29.8 Å². The third kappa shape index (κ3) is 5.21. The van der Waals surface area contributed by atoms with E-state index in [9.17, 15) is 0 Å². The molecule has 1 aromatic heterocycles. The van der Waals surface area contributed by atoms with E-state index in [4.69, 9.17) is 4.74 Å². The van der Waals surface area contributed by atoms with Crippen LogP contribution in [0, 0.1) is 6.92 Å². The van der Waals surface area contributed by atoms with Crippen molar-refractivity contribution in [2.45, 2.75) is 38.4 Å². The average molecular weight is 316 g/mol. The molecule has 0 saturated heterocycles. The Bertz CT molecular complexity index is 371. The zero-order valence-corrected chi connectivity index (χ0v) is 13.2. The molecule has 0 amide bonds. The SMILES string of the molecule is CCCOc1cc(C)nc(N(C)CCC(C)Br)n1. The van der Waals surface area contributed by atoms with E-state index >= 15 is 0 Å². The van der Waals surface area contributed by atoms with Crippen LogP contribution in [0.3, 0.4) is 0 Å². The fraction of sp³-hybridized carbons (Fsp3) is 0.692. The average Bonchev–Trinajstić information content (AvgIpc) is 2.32. The maximum Gasteiger partial charge on any atom is 0.228 e. The van der Waals surface area contributed by atoms with Crippen molar-refractivity contribution in [2.24, 2.45) is 0 Å². The summed E-state index contributed by atoms with van der Waals surface area (Å²) in [5, 5.41) is 0. The Morgan fingerprint density at radius 2 is 2.17 bits per heavy atom. The first-order valence-electron chi connectivity index (χ1n) is 6.36. The highest BCUT2D eigenvalue weighted by Gasteiger charge is 2.09. The lowest BCUT2D eigenvalue weighted by Crippen LogP contribution is -2.23. The van der Waals surface area contributed by atoms with Crippen molar-refractivity contribution in [1.29, 1.82) is 0 Å². The van der Waals surface area contributed by atoms with Crippen LogP contribution in [0.15, 0.2) is 6.07 Å². The van der Waals surface area contributed by atoms with Gasteiger partial charge in [0.05, 0.1) is 6.61 Å². The fourth-order valence-corrected chi connectivity index (χ4v) is 1.65. The van der Waals surface area contributed by atoms with Gasteiger partial charge in [0, 0.05) is 30.2 Å². The molecule has 0 aliphatic carbocycles. The molecule has 0 radical (unpaired) electrons. The first kappa shape index (κ1) is 15.2. The predicted octanol–water partition coefficient (Wildman–Crippen LogP) is 3.18. The number of ether oxygens (including phenoxy) is 1. The van der Waals surface area contributed by atoms with E-state index in [1.165, 1.54) is 0 Å². The topological polar surface area (TPSA) is 38.2 Å². The molecule has 0 spiro atoms. The number of halogens is 1. The molecule has 0 aliphatic rings. The van der Waals surface area contributed by atoms with Gasteiger partial charge in [0.1, 0.15) is 0 Å². The smallest absolute Gasteiger partial charge is 0.228 e. The first-order valence-corrected chi connectivity index (χ1v) is 7.28. The van der Waals surface area contributed by atoms with Crippen molar-refractivity contribution >= 4 is 21.9 Å². The number of aryl methyl sites for hydroxylation is 1. The van der Waals surface area contributed by atoms with Gasteiger partial charge in [0.15, 0.2) is 0 Å². The lowest BCUT2D eigenvalue weighted by atomic mass is 10.3. The van der Waals surface area contributed by atoms with Crippen molar-refractivity contribution in [1.82, 2.24) is 9.97 Å². The van der Waals surface area contributed by atoms with Crippen LogP contribution in [-0.2, 0) is 0 Å². The molecule has 1 rings (SSSR count). The summed E-state index contributed by atoms with van der Waals surface area (Å²) in [6.07, 6.45) is 2.04. The molecule has 4 nitrogen and oxygen atoms in total. The molecule has 1 heterocycles. The van der Waals surface area contributed by atoms with Gasteiger partial charge in [-0.25, -0.2) is 4.98 Å². The van der Waals surface area contributed by atoms with E-state index in [0.29, 0.717) is 17.3 Å². The van der Waals surface area contributed by atoms with Crippen LogP contribution >= 0.6 is 15.9 Å². The van der Waals surface area contributed by atoms with E-state index in [0.717, 1.165) is 31.0 Å². The fourth-order valence-electron chi connectivity index (χ4n) is 1.45. The second-order valence-corrected chi connectivity index (χ2v) is 6.05. The third-order valence-electron chi connectivity index (χ3n) is 2.48. The zero-order valence-electron chi connectivity index (χ0n) is 11.6. The van der Waals surface area contributed by atoms with Gasteiger partial charge < -0.3 is 9.64 Å². The molecule has 0 aliphatic heterocycles. The highest BCUT2D eigenvalue weighted by molar-refractivity contribution is 9.09. The summed E-state index contributed by atoms with van der Waals surface area (Å²) >= 11 is 3.55. The molecule has 0 aromatic carbocycles. The lowest BCUT2D eigenvalue weighted by Gasteiger charge is -2.18. The Balaban J connectivity index is 2.71. The summed E-state index contributed by atoms with van der Waals surface area (Å²) in [4.78, 5) is 11.4. The van der Waals surface area contributed by atoms with Crippen molar-refractivity contribution < 1.29 is 4.74 Å². The van der Waals surface area contributed by atoms with Crippen molar-refractivity contribution in [2.75, 3.05) is 25.1 Å². The van der Waals surface area contributed by atoms with Crippen molar-refractivity contribution in [3.63, 3.8) is 0 Å². The molecule has 18 heavy (non-hydrogen) atoms. The minimum Gasteiger partial charge on any atom is -0.478 e. The van der Waals surface area contributed by atoms with Crippen LogP contribution in [-0.4, -0.2) is 35.0 Å². The molecule has 1 atom stereocenters. The molecule has 5 heteroatoms. The van der Waals surface area contributed by atoms with Gasteiger partial charge in [-0.15, -0.1) is 0 Å². The van der Waals surface area contributed by atoms with Crippen LogP contribution in [0.25, 0.3) is 0 Å². The predicted molar refractivity (Wildman–Crippen MR) is 78.8 cm³/mol. The molecular formula is C13H22BrN3O. The minimum absolute atomic E-state index is 0.501. The molecule has 0 saturated carbocycles. The molecule has 1 aromatic rings. The molecule has 102 valence electrons. The summed E-state index contributed by atoms with van der Waals surface area (Å²) in [6, 6.07) is 1.88. The van der Waals surface area contributed by atoms with Gasteiger partial charge in [0.25, 0.3) is 0 Å². The van der Waals surface area contributed by atoms with Gasteiger partial charge in [-0.2, -0.15) is 4.98 Å². The highest BCUT2D eigenvalue weighted by Crippen LogP contribution is 2.15. The van der Waals surface area contributed by atoms with E-state index in [1.54, 1.807) is 0 Å². The maximum atomic E-state index is 5.57. The van der Waals surface area contributed by atoms with Crippen LogP contribution < -0.4 is 9.64 Å². The van der Waals surface area contributed by atoms with E-state index in [-0.39, 0.29) is 0 Å². The third-order valence-corrected chi connectivity index (χ3v) is 2.93. The summed E-state index contributed by atoms with van der Waals surface area (Å²) in [5.41, 5.74) is 0.935. The normalized spacial score (nSPS) is 12.3. The van der Waals surface area contributed by atoms with Crippen LogP contribution in [0.1, 0.15) is 32.4 Å². The second-order valence-electron chi connectivity index (χ2n) is 4.49. The van der Waals surface area contributed by atoms with Crippen molar-refractivity contribution in [3.05, 3.63) is 11.8 Å². The molecule has 1 unspecified atom stereocenters. The van der Waals surface area contributed by atoms with Gasteiger partial charge in [-0.3, -0.25) is 0 Å². The monoisotopic (exact) mass is 315 g/mol. The Morgan fingerprint density at radius 3 is 2.78 bits per heavy atom. The van der Waals surface area contributed by atoms with Crippen LogP contribution in [0.2, 0.25) is 0 Å². The Kier molecular flexibility index (Phi) is 6.39. The number of rotatable bonds is 7. The number of anilines is 1. The number of aromatic nitrogens is 2. The van der Waals surface area contributed by atoms with Crippen LogP contribution in [0.4, 0.5) is 5.95 Å². The zero-order chi connectivity index (χ0) is 13.5. The van der Waals surface area contributed by atoms with Gasteiger partial charge in [-0.05, 0) is 19.8 Å². The van der Waals surface area contributed by atoms with Gasteiger partial charge >= 0.3 is 0 Å². The summed E-state index contributed by atoms with van der Waals surface area (Å²) < 4.78 is 5.57. The summed E-state index contributed by atoms with van der Waals surface area (Å²) in [6.45, 7) is 7.80. The first-order chi connectivity index (χ1) is 8.52. The number of alkyl halides is 1.